The average Bonchev–Trinajstić information content (AvgIpc) is 3.62. The lowest BCUT2D eigenvalue weighted by Crippen LogP contribution is -2.02. The summed E-state index contributed by atoms with van der Waals surface area (Å²) in [4.78, 5) is 0. The second-order valence-corrected chi connectivity index (χ2v) is 8.28. The molecule has 2 aromatic carbocycles. The molecule has 0 amide bonds. The molecule has 0 spiro atoms. The maximum absolute atomic E-state index is 6.09. The van der Waals surface area contributed by atoms with E-state index in [4.69, 9.17) is 14.2 Å². The highest BCUT2D eigenvalue weighted by Gasteiger charge is 2.21. The van der Waals surface area contributed by atoms with Crippen LogP contribution >= 0.6 is 0 Å². The molecule has 0 N–H and O–H groups in total. The van der Waals surface area contributed by atoms with Gasteiger partial charge in [0.15, 0.2) is 0 Å². The lowest BCUT2D eigenvalue weighted by Gasteiger charge is -2.11. The van der Waals surface area contributed by atoms with Crippen molar-refractivity contribution in [1.29, 1.82) is 0 Å². The minimum Gasteiger partial charge on any atom is -0.493 e. The van der Waals surface area contributed by atoms with Crippen molar-refractivity contribution in [3.63, 3.8) is 0 Å². The van der Waals surface area contributed by atoms with E-state index in [0.717, 1.165) is 38.6 Å². The first-order valence-corrected chi connectivity index (χ1v) is 11.9. The Morgan fingerprint density at radius 2 is 1.23 bits per heavy atom. The Morgan fingerprint density at radius 3 is 1.90 bits per heavy atom. The zero-order valence-electron chi connectivity index (χ0n) is 18.4. The number of para-hydroxylation sites is 1. The maximum atomic E-state index is 6.09. The Kier molecular flexibility index (Phi) is 10.8. The lowest BCUT2D eigenvalue weighted by molar-refractivity contribution is 0.113. The van der Waals surface area contributed by atoms with E-state index in [2.05, 4.69) is 54.6 Å². The minimum atomic E-state index is 0.404. The number of unbranched alkanes of at least 4 members (excludes halogenated alkanes) is 9. The Balaban J connectivity index is 1.13. The van der Waals surface area contributed by atoms with Crippen LogP contribution in [0.4, 0.5) is 0 Å². The van der Waals surface area contributed by atoms with Gasteiger partial charge in [0.25, 0.3) is 0 Å². The van der Waals surface area contributed by atoms with E-state index in [1.807, 2.05) is 0 Å². The van der Waals surface area contributed by atoms with Gasteiger partial charge in [0.2, 0.25) is 0 Å². The fraction of sp³-hybridized carbons (Fsp3) is 0.556. The normalized spacial score (nSPS) is 15.3. The largest absolute Gasteiger partial charge is 0.493 e. The number of hydrogen-bond acceptors (Lipinski definition) is 3. The highest BCUT2D eigenvalue weighted by atomic mass is 16.6. The Hall–Kier alpha value is -1.84. The van der Waals surface area contributed by atoms with Crippen LogP contribution in [0.15, 0.2) is 54.6 Å². The van der Waals surface area contributed by atoms with E-state index in [1.165, 1.54) is 68.9 Å². The summed E-state index contributed by atoms with van der Waals surface area (Å²) in [6.45, 7) is 3.40. The molecular formula is C27H38O3. The summed E-state index contributed by atoms with van der Waals surface area (Å²) in [6, 6.07) is 18.8. The molecule has 3 heteroatoms. The number of benzene rings is 2. The van der Waals surface area contributed by atoms with Crippen molar-refractivity contribution in [2.24, 2.45) is 0 Å². The van der Waals surface area contributed by atoms with Crippen molar-refractivity contribution in [2.75, 3.05) is 26.4 Å². The molecule has 2 aromatic rings. The molecule has 30 heavy (non-hydrogen) atoms. The molecule has 0 bridgehead atoms. The molecule has 0 saturated carbocycles. The second-order valence-electron chi connectivity index (χ2n) is 8.28. The van der Waals surface area contributed by atoms with Gasteiger partial charge in [-0.15, -0.1) is 0 Å². The molecule has 1 aliphatic heterocycles. The fourth-order valence-electron chi connectivity index (χ4n) is 3.73. The Labute approximate surface area is 182 Å². The van der Waals surface area contributed by atoms with E-state index in [9.17, 15) is 0 Å². The maximum Gasteiger partial charge on any atom is 0.127 e. The SMILES string of the molecule is c1ccc(-c2ccccc2OCCCCCCCCCCCCOCC2CO2)cc1. The minimum absolute atomic E-state index is 0.404. The standard InChI is InChI=1S/C27H38O3/c1(3-5-7-14-20-28-22-25-23-30-25)2-4-6-8-15-21-29-27-19-13-12-18-26(27)24-16-10-9-11-17-24/h9-13,16-19,25H,1-8,14-15,20-23H2. The molecule has 1 unspecified atom stereocenters. The molecule has 3 nitrogen and oxygen atoms in total. The van der Waals surface area contributed by atoms with Crippen LogP contribution in [-0.4, -0.2) is 32.5 Å². The van der Waals surface area contributed by atoms with Gasteiger partial charge in [-0.25, -0.2) is 0 Å². The van der Waals surface area contributed by atoms with Gasteiger partial charge in [0.05, 0.1) is 19.8 Å². The van der Waals surface area contributed by atoms with E-state index in [1.54, 1.807) is 0 Å². The zero-order valence-corrected chi connectivity index (χ0v) is 18.4. The van der Waals surface area contributed by atoms with E-state index >= 15 is 0 Å². The molecular weight excluding hydrogens is 372 g/mol. The first-order chi connectivity index (χ1) is 14.9. The number of rotatable bonds is 17. The third-order valence-corrected chi connectivity index (χ3v) is 5.62. The van der Waals surface area contributed by atoms with Crippen molar-refractivity contribution in [2.45, 2.75) is 70.3 Å². The smallest absolute Gasteiger partial charge is 0.127 e. The monoisotopic (exact) mass is 410 g/mol. The number of epoxide rings is 1. The van der Waals surface area contributed by atoms with Crippen LogP contribution in [0.3, 0.4) is 0 Å². The topological polar surface area (TPSA) is 31.0 Å². The summed E-state index contributed by atoms with van der Waals surface area (Å²) in [5.74, 6) is 0.995. The lowest BCUT2D eigenvalue weighted by atomic mass is 10.0. The van der Waals surface area contributed by atoms with Crippen molar-refractivity contribution in [1.82, 2.24) is 0 Å². The summed E-state index contributed by atoms with van der Waals surface area (Å²) in [5, 5.41) is 0. The number of hydrogen-bond donors (Lipinski definition) is 0. The predicted octanol–water partition coefficient (Wildman–Crippen LogP) is 7.05. The summed E-state index contributed by atoms with van der Waals surface area (Å²) >= 11 is 0. The third kappa shape index (κ3) is 9.32. The van der Waals surface area contributed by atoms with Crippen LogP contribution in [0.25, 0.3) is 11.1 Å². The number of ether oxygens (including phenoxy) is 3. The van der Waals surface area contributed by atoms with Gasteiger partial charge >= 0.3 is 0 Å². The van der Waals surface area contributed by atoms with Gasteiger partial charge in [-0.05, 0) is 24.5 Å². The highest BCUT2D eigenvalue weighted by molar-refractivity contribution is 5.70. The summed E-state index contributed by atoms with van der Waals surface area (Å²) in [5.41, 5.74) is 2.40. The summed E-state index contributed by atoms with van der Waals surface area (Å²) < 4.78 is 16.8. The van der Waals surface area contributed by atoms with Gasteiger partial charge in [0.1, 0.15) is 11.9 Å². The van der Waals surface area contributed by atoms with E-state index in [-0.39, 0.29) is 0 Å². The molecule has 0 aliphatic carbocycles. The summed E-state index contributed by atoms with van der Waals surface area (Å²) in [6.07, 6.45) is 13.4. The van der Waals surface area contributed by atoms with Crippen LogP contribution in [0.1, 0.15) is 64.2 Å². The third-order valence-electron chi connectivity index (χ3n) is 5.62. The molecule has 1 saturated heterocycles. The second kappa shape index (κ2) is 14.2. The van der Waals surface area contributed by atoms with Crippen molar-refractivity contribution in [3.05, 3.63) is 54.6 Å². The van der Waals surface area contributed by atoms with Crippen LogP contribution in [-0.2, 0) is 9.47 Å². The van der Waals surface area contributed by atoms with Gasteiger partial charge < -0.3 is 14.2 Å². The molecule has 1 aliphatic rings. The van der Waals surface area contributed by atoms with E-state index < -0.39 is 0 Å². The van der Waals surface area contributed by atoms with Gasteiger partial charge in [0, 0.05) is 12.2 Å². The fourth-order valence-corrected chi connectivity index (χ4v) is 3.73. The molecule has 3 rings (SSSR count). The first-order valence-electron chi connectivity index (χ1n) is 11.9. The van der Waals surface area contributed by atoms with E-state index in [0.29, 0.717) is 6.10 Å². The van der Waals surface area contributed by atoms with Crippen LogP contribution in [0.5, 0.6) is 5.75 Å². The average molecular weight is 411 g/mol. The van der Waals surface area contributed by atoms with Crippen LogP contribution < -0.4 is 4.74 Å². The molecule has 1 fully saturated rings. The van der Waals surface area contributed by atoms with Crippen molar-refractivity contribution in [3.8, 4) is 16.9 Å². The van der Waals surface area contributed by atoms with Gasteiger partial charge in [-0.2, -0.15) is 0 Å². The summed E-state index contributed by atoms with van der Waals surface area (Å²) in [7, 11) is 0. The Morgan fingerprint density at radius 1 is 0.667 bits per heavy atom. The molecule has 164 valence electrons. The molecule has 1 atom stereocenters. The first kappa shape index (κ1) is 22.8. The molecule has 1 heterocycles. The quantitative estimate of drug-likeness (QED) is 0.207. The Bertz CT molecular complexity index is 682. The van der Waals surface area contributed by atoms with Crippen molar-refractivity contribution < 1.29 is 14.2 Å². The molecule has 0 radical (unpaired) electrons. The highest BCUT2D eigenvalue weighted by Crippen LogP contribution is 2.29. The van der Waals surface area contributed by atoms with Crippen molar-refractivity contribution >= 4 is 0 Å². The predicted molar refractivity (Wildman–Crippen MR) is 124 cm³/mol. The van der Waals surface area contributed by atoms with Gasteiger partial charge in [-0.3, -0.25) is 0 Å². The van der Waals surface area contributed by atoms with Gasteiger partial charge in [-0.1, -0.05) is 99.9 Å². The zero-order chi connectivity index (χ0) is 20.7. The van der Waals surface area contributed by atoms with Crippen LogP contribution in [0, 0.1) is 0 Å². The molecule has 0 aromatic heterocycles. The van der Waals surface area contributed by atoms with Crippen LogP contribution in [0.2, 0.25) is 0 Å².